The number of sulfonamides is 1. The van der Waals surface area contributed by atoms with E-state index in [4.69, 9.17) is 4.74 Å². The molecule has 2 aliphatic heterocycles. The number of anilines is 1. The number of hydrogen-bond acceptors (Lipinski definition) is 4. The molecule has 2 heterocycles. The second-order valence-electron chi connectivity index (χ2n) is 6.86. The Hall–Kier alpha value is -2.49. The van der Waals surface area contributed by atoms with E-state index in [-0.39, 0.29) is 42.9 Å². The van der Waals surface area contributed by atoms with Crippen LogP contribution in [0.15, 0.2) is 59.5 Å². The van der Waals surface area contributed by atoms with Gasteiger partial charge in [0, 0.05) is 18.8 Å². The summed E-state index contributed by atoms with van der Waals surface area (Å²) >= 11 is 0. The highest BCUT2D eigenvalue weighted by molar-refractivity contribution is 7.89. The summed E-state index contributed by atoms with van der Waals surface area (Å²) in [6.45, 7) is 0.941. The molecule has 4 rings (SSSR count). The molecule has 2 amide bonds. The van der Waals surface area contributed by atoms with Gasteiger partial charge in [-0.1, -0.05) is 18.2 Å². The highest BCUT2D eigenvalue weighted by atomic mass is 32.2. The number of nitrogens with one attached hydrogen (secondary N) is 1. The monoisotopic (exact) mass is 405 g/mol. The van der Waals surface area contributed by atoms with Crippen LogP contribution in [0.4, 0.5) is 14.9 Å². The largest absolute Gasteiger partial charge is 0.369 e. The van der Waals surface area contributed by atoms with E-state index in [1.807, 2.05) is 0 Å². The number of fused-ring (bicyclic) bond motifs is 2. The van der Waals surface area contributed by atoms with Crippen molar-refractivity contribution in [3.63, 3.8) is 0 Å². The van der Waals surface area contributed by atoms with Gasteiger partial charge in [-0.25, -0.2) is 17.6 Å². The van der Waals surface area contributed by atoms with Crippen molar-refractivity contribution in [1.29, 1.82) is 0 Å². The fraction of sp³-hybridized carbons (Fsp3) is 0.316. The molecule has 2 bridgehead atoms. The van der Waals surface area contributed by atoms with E-state index in [0.29, 0.717) is 5.69 Å². The number of nitrogens with zero attached hydrogens (tertiary/aromatic N) is 2. The lowest BCUT2D eigenvalue weighted by atomic mass is 10.1. The average molecular weight is 405 g/mol. The molecule has 0 aromatic heterocycles. The zero-order valence-electron chi connectivity index (χ0n) is 15.0. The van der Waals surface area contributed by atoms with E-state index in [0.717, 1.165) is 0 Å². The maximum absolute atomic E-state index is 13.0. The molecule has 0 radical (unpaired) electrons. The van der Waals surface area contributed by atoms with Gasteiger partial charge >= 0.3 is 6.03 Å². The summed E-state index contributed by atoms with van der Waals surface area (Å²) in [6.07, 6.45) is -0.796. The summed E-state index contributed by atoms with van der Waals surface area (Å²) < 4.78 is 46.0. The van der Waals surface area contributed by atoms with Crippen molar-refractivity contribution in [3.05, 3.63) is 60.4 Å². The maximum atomic E-state index is 13.0. The van der Waals surface area contributed by atoms with Crippen molar-refractivity contribution >= 4 is 21.7 Å². The van der Waals surface area contributed by atoms with Gasteiger partial charge in [0.25, 0.3) is 0 Å². The average Bonchev–Trinajstić information content (AvgIpc) is 2.69. The first-order valence-electron chi connectivity index (χ1n) is 8.94. The Morgan fingerprint density at radius 2 is 1.57 bits per heavy atom. The summed E-state index contributed by atoms with van der Waals surface area (Å²) in [7, 11) is -3.60. The lowest BCUT2D eigenvalue weighted by molar-refractivity contribution is -0.110. The van der Waals surface area contributed by atoms with Crippen molar-refractivity contribution in [2.75, 3.05) is 31.5 Å². The van der Waals surface area contributed by atoms with Crippen molar-refractivity contribution < 1.29 is 22.3 Å². The Labute approximate surface area is 162 Å². The third-order valence-corrected chi connectivity index (χ3v) is 6.66. The lowest BCUT2D eigenvalue weighted by Crippen LogP contribution is -2.61. The molecule has 1 N–H and O–H groups in total. The van der Waals surface area contributed by atoms with E-state index in [1.165, 1.54) is 28.6 Å². The predicted octanol–water partition coefficient (Wildman–Crippen LogP) is 2.13. The van der Waals surface area contributed by atoms with Gasteiger partial charge in [-0.3, -0.25) is 0 Å². The second kappa shape index (κ2) is 7.50. The number of carbonyl (C=O) groups is 1. The highest BCUT2D eigenvalue weighted by Crippen LogP contribution is 2.25. The van der Waals surface area contributed by atoms with Crippen LogP contribution < -0.4 is 5.32 Å². The zero-order chi connectivity index (χ0) is 19.7. The number of ether oxygens (including phenoxy) is 1. The molecule has 9 heteroatoms. The Kier molecular flexibility index (Phi) is 5.05. The molecule has 2 unspecified atom stereocenters. The van der Waals surface area contributed by atoms with Crippen LogP contribution in [0.1, 0.15) is 0 Å². The van der Waals surface area contributed by atoms with Gasteiger partial charge in [-0.15, -0.1) is 0 Å². The fourth-order valence-corrected chi connectivity index (χ4v) is 5.02. The molecular weight excluding hydrogens is 385 g/mol. The fourth-order valence-electron chi connectivity index (χ4n) is 3.49. The Bertz CT molecular complexity index is 939. The van der Waals surface area contributed by atoms with E-state index in [1.54, 1.807) is 35.2 Å². The van der Waals surface area contributed by atoms with E-state index in [9.17, 15) is 17.6 Å². The van der Waals surface area contributed by atoms with E-state index in [2.05, 4.69) is 5.32 Å². The lowest BCUT2D eigenvalue weighted by Gasteiger charge is -2.45. The quantitative estimate of drug-likeness (QED) is 0.849. The molecule has 2 saturated heterocycles. The third-order valence-electron chi connectivity index (χ3n) is 4.81. The summed E-state index contributed by atoms with van der Waals surface area (Å²) in [5.41, 5.74) is 0.497. The van der Waals surface area contributed by atoms with E-state index < -0.39 is 22.2 Å². The standard InChI is InChI=1S/C19H20FN3O4S/c20-14-6-8-15(9-7-14)21-19(24)22-10-16-12-23(13-17(11-22)27-16)28(25,26)18-4-2-1-3-5-18/h1-9,16-17H,10-13H2,(H,21,24). The molecule has 0 saturated carbocycles. The van der Waals surface area contributed by atoms with Crippen LogP contribution in [0.2, 0.25) is 0 Å². The van der Waals surface area contributed by atoms with Crippen LogP contribution in [0.25, 0.3) is 0 Å². The number of carbonyl (C=O) groups excluding carboxylic acids is 1. The molecule has 2 aromatic carbocycles. The van der Waals surface area contributed by atoms with Gasteiger partial charge in [0.05, 0.1) is 30.2 Å². The van der Waals surface area contributed by atoms with Crippen molar-refractivity contribution in [1.82, 2.24) is 9.21 Å². The second-order valence-corrected chi connectivity index (χ2v) is 8.80. The van der Waals surface area contributed by atoms with Gasteiger partial charge in [0.2, 0.25) is 10.0 Å². The summed E-state index contributed by atoms with van der Waals surface area (Å²) in [4.78, 5) is 14.4. The first-order chi connectivity index (χ1) is 13.4. The smallest absolute Gasteiger partial charge is 0.322 e. The number of halogens is 1. The highest BCUT2D eigenvalue weighted by Gasteiger charge is 2.41. The number of urea groups is 1. The molecule has 2 aromatic rings. The number of hydrogen-bond donors (Lipinski definition) is 1. The molecule has 0 aliphatic carbocycles. The molecule has 2 atom stereocenters. The minimum atomic E-state index is -3.60. The van der Waals surface area contributed by atoms with Crippen LogP contribution in [-0.2, 0) is 14.8 Å². The van der Waals surface area contributed by atoms with Gasteiger partial charge in [-0.05, 0) is 36.4 Å². The number of benzene rings is 2. The van der Waals surface area contributed by atoms with Gasteiger partial charge in [0.15, 0.2) is 0 Å². The van der Waals surface area contributed by atoms with Gasteiger partial charge in [0.1, 0.15) is 5.82 Å². The molecular formula is C19H20FN3O4S. The van der Waals surface area contributed by atoms with Crippen LogP contribution in [-0.4, -0.2) is 62.0 Å². The first kappa shape index (κ1) is 18.9. The van der Waals surface area contributed by atoms with E-state index >= 15 is 0 Å². The molecule has 28 heavy (non-hydrogen) atoms. The van der Waals surface area contributed by atoms with Crippen molar-refractivity contribution in [3.8, 4) is 0 Å². The molecule has 0 spiro atoms. The topological polar surface area (TPSA) is 79.0 Å². The number of rotatable bonds is 3. The zero-order valence-corrected chi connectivity index (χ0v) is 15.8. The molecule has 148 valence electrons. The predicted molar refractivity (Wildman–Crippen MR) is 101 cm³/mol. The maximum Gasteiger partial charge on any atom is 0.322 e. The number of amides is 2. The Morgan fingerprint density at radius 3 is 2.18 bits per heavy atom. The summed E-state index contributed by atoms with van der Waals surface area (Å²) in [6, 6.07) is 13.5. The Morgan fingerprint density at radius 1 is 0.964 bits per heavy atom. The van der Waals surface area contributed by atoms with Crippen LogP contribution >= 0.6 is 0 Å². The number of morpholine rings is 2. The summed E-state index contributed by atoms with van der Waals surface area (Å²) in [5, 5.41) is 2.73. The SMILES string of the molecule is O=C(Nc1ccc(F)cc1)N1CC2CN(S(=O)(=O)c3ccccc3)CC(C1)O2. The third kappa shape index (κ3) is 3.87. The minimum absolute atomic E-state index is 0.189. The van der Waals surface area contributed by atoms with Crippen molar-refractivity contribution in [2.45, 2.75) is 17.1 Å². The van der Waals surface area contributed by atoms with Crippen LogP contribution in [0, 0.1) is 5.82 Å². The first-order valence-corrected chi connectivity index (χ1v) is 10.4. The van der Waals surface area contributed by atoms with Gasteiger partial charge < -0.3 is 15.0 Å². The molecule has 7 nitrogen and oxygen atoms in total. The minimum Gasteiger partial charge on any atom is -0.369 e. The molecule has 2 fully saturated rings. The van der Waals surface area contributed by atoms with Crippen LogP contribution in [0.5, 0.6) is 0 Å². The van der Waals surface area contributed by atoms with Crippen LogP contribution in [0.3, 0.4) is 0 Å². The normalized spacial score (nSPS) is 22.7. The van der Waals surface area contributed by atoms with Gasteiger partial charge in [-0.2, -0.15) is 4.31 Å². The Balaban J connectivity index is 1.42. The van der Waals surface area contributed by atoms with Crippen molar-refractivity contribution in [2.24, 2.45) is 0 Å². The molecule has 2 aliphatic rings. The summed E-state index contributed by atoms with van der Waals surface area (Å²) in [5.74, 6) is -0.376.